The van der Waals surface area contributed by atoms with Crippen molar-refractivity contribution >= 4 is 35.0 Å². The van der Waals surface area contributed by atoms with Gasteiger partial charge in [0.2, 0.25) is 11.6 Å². The standard InChI is InChI=1S/C41H53N3O13/c1-17-15-25(46)23-16-24(23)33(48)19(3)32(47)20(4)37(56-22(6)45)18(2)26(54-10)11-14-55-41(7)39(52)29-27-28(34(49)21(5)38(29)57-41)36(51)31(43-40(17)53)30(35(27)50)42-12-13-44(8)9/h11,14-15,18-20,23-24,26,32-33,37,42,47-49H,12-13,16H2,1-10H3,(H,43,53)/b14-11+,17-15-/t18-,19+,20-,23-,24+,26+,32-,33-,37-,41+/m1/s1. The van der Waals surface area contributed by atoms with Crippen LogP contribution in [0.15, 0.2) is 35.4 Å². The number of carbonyl (C=O) groups excluding carboxylic acids is 6. The molecule has 1 saturated carbocycles. The van der Waals surface area contributed by atoms with Crippen molar-refractivity contribution < 1.29 is 63.0 Å². The molecule has 0 saturated heterocycles. The highest BCUT2D eigenvalue weighted by molar-refractivity contribution is 6.32. The summed E-state index contributed by atoms with van der Waals surface area (Å²) in [6, 6.07) is 0. The van der Waals surface area contributed by atoms with Crippen LogP contribution in [-0.4, -0.2) is 120 Å². The van der Waals surface area contributed by atoms with Gasteiger partial charge in [-0.1, -0.05) is 20.8 Å². The monoisotopic (exact) mass is 795 g/mol. The van der Waals surface area contributed by atoms with Crippen LogP contribution in [0.1, 0.15) is 84.6 Å². The molecule has 0 aromatic heterocycles. The zero-order valence-electron chi connectivity index (χ0n) is 33.9. The number of aromatic hydroxyl groups is 1. The Labute approximate surface area is 331 Å². The maximum Gasteiger partial charge on any atom is 0.312 e. The van der Waals surface area contributed by atoms with Crippen molar-refractivity contribution in [3.05, 3.63) is 57.6 Å². The lowest BCUT2D eigenvalue weighted by Crippen LogP contribution is -2.46. The molecular formula is C41H53N3O13. The average Bonchev–Trinajstić information content (AvgIpc) is 3.91. The lowest BCUT2D eigenvalue weighted by Gasteiger charge is -2.37. The fourth-order valence-electron chi connectivity index (χ4n) is 7.92. The number of rotatable bonds is 6. The van der Waals surface area contributed by atoms with Crippen LogP contribution in [-0.2, 0) is 28.6 Å². The smallest absolute Gasteiger partial charge is 0.312 e. The first kappa shape index (κ1) is 43.2. The Morgan fingerprint density at radius 1 is 1.00 bits per heavy atom. The third-order valence-electron chi connectivity index (χ3n) is 11.5. The van der Waals surface area contributed by atoms with E-state index in [9.17, 15) is 44.1 Å². The van der Waals surface area contributed by atoms with Crippen LogP contribution in [0.3, 0.4) is 0 Å². The number of likely N-dealkylation sites (N-methyl/N-ethyl adjacent to an activating group) is 1. The summed E-state index contributed by atoms with van der Waals surface area (Å²) >= 11 is 0. The maximum atomic E-state index is 14.4. The first-order chi connectivity index (χ1) is 26.7. The summed E-state index contributed by atoms with van der Waals surface area (Å²) in [6.07, 6.45) is -0.121. The number of nitrogens with one attached hydrogen (secondary N) is 2. The normalized spacial score (nSPS) is 33.5. The number of fused-ring (bicyclic) bond motifs is 12. The minimum absolute atomic E-state index is 0.0352. The number of phenolic OH excluding ortho intramolecular Hbond substituents is 1. The van der Waals surface area contributed by atoms with Crippen LogP contribution < -0.4 is 15.4 Å². The largest absolute Gasteiger partial charge is 0.507 e. The number of hydrogen-bond acceptors (Lipinski definition) is 15. The second-order valence-electron chi connectivity index (χ2n) is 15.9. The minimum Gasteiger partial charge on any atom is -0.507 e. The van der Waals surface area contributed by atoms with Gasteiger partial charge in [0.1, 0.15) is 29.0 Å². The molecule has 5 N–H and O–H groups in total. The number of Topliss-reactive ketones (excluding diaryl/α,β-unsaturated/α-hetero) is 3. The minimum atomic E-state index is -2.10. The number of methoxy groups -OCH3 is 1. The maximum absolute atomic E-state index is 14.4. The Kier molecular flexibility index (Phi) is 12.5. The van der Waals surface area contributed by atoms with Crippen molar-refractivity contribution in [2.75, 3.05) is 34.3 Å². The Morgan fingerprint density at radius 3 is 2.28 bits per heavy atom. The number of hydrogen-bond donors (Lipinski definition) is 5. The van der Waals surface area contributed by atoms with Crippen LogP contribution in [0, 0.1) is 36.5 Å². The molecule has 5 bridgehead atoms. The van der Waals surface area contributed by atoms with Crippen molar-refractivity contribution in [1.29, 1.82) is 0 Å². The van der Waals surface area contributed by atoms with E-state index in [4.69, 9.17) is 18.9 Å². The quantitative estimate of drug-likeness (QED) is 0.260. The number of ether oxygens (including phenoxy) is 4. The van der Waals surface area contributed by atoms with Gasteiger partial charge >= 0.3 is 11.8 Å². The van der Waals surface area contributed by atoms with E-state index in [1.807, 2.05) is 4.90 Å². The highest BCUT2D eigenvalue weighted by atomic mass is 16.7. The van der Waals surface area contributed by atoms with Gasteiger partial charge in [-0.05, 0) is 52.4 Å². The number of nitrogens with zero attached hydrogens (tertiary/aromatic N) is 1. The Balaban J connectivity index is 1.64. The molecule has 0 spiro atoms. The summed E-state index contributed by atoms with van der Waals surface area (Å²) in [6.45, 7) is 10.8. The topological polar surface area (TPSA) is 227 Å². The van der Waals surface area contributed by atoms with Gasteiger partial charge in [-0.3, -0.25) is 28.8 Å². The Bertz CT molecular complexity index is 1970. The molecule has 5 aliphatic rings. The Morgan fingerprint density at radius 2 is 1.67 bits per heavy atom. The van der Waals surface area contributed by atoms with Gasteiger partial charge in [0.05, 0.1) is 41.3 Å². The van der Waals surface area contributed by atoms with Gasteiger partial charge in [0.25, 0.3) is 11.7 Å². The van der Waals surface area contributed by atoms with Gasteiger partial charge in [0.15, 0.2) is 5.78 Å². The SMILES string of the molecule is CO[C@H]1/C=C/O[C@@]2(C)Oc3c(C)c(O)c4c(c3C2=O)C(=O)C(NCCN(C)C)=C(NC(=O)/C(C)=C\C(=O)[C@@H]2C[C@@H]2[C@H](O)[C@@H](C)[C@@H](O)[C@@H](C)[C@H](OC(C)=O)[C@@H]1C)C4=O. The van der Waals surface area contributed by atoms with E-state index >= 15 is 0 Å². The third-order valence-corrected chi connectivity index (χ3v) is 11.5. The molecule has 3 heterocycles. The fraction of sp³-hybridized carbons (Fsp3) is 0.561. The molecule has 6 rings (SSSR count). The summed E-state index contributed by atoms with van der Waals surface area (Å²) in [5.74, 6) is -10.9. The first-order valence-corrected chi connectivity index (χ1v) is 19.0. The predicted octanol–water partition coefficient (Wildman–Crippen LogP) is 2.12. The second kappa shape index (κ2) is 16.5. The third kappa shape index (κ3) is 8.13. The zero-order chi connectivity index (χ0) is 42.4. The Hall–Kier alpha value is -4.90. The lowest BCUT2D eigenvalue weighted by atomic mass is 9.79. The van der Waals surface area contributed by atoms with Crippen LogP contribution in [0.5, 0.6) is 11.5 Å². The number of esters is 1. The van der Waals surface area contributed by atoms with Crippen molar-refractivity contribution in [3.63, 3.8) is 0 Å². The van der Waals surface area contributed by atoms with Gasteiger partial charge in [-0.25, -0.2) is 0 Å². The summed E-state index contributed by atoms with van der Waals surface area (Å²) in [4.78, 5) is 84.2. The number of benzene rings is 1. The van der Waals surface area contributed by atoms with E-state index in [0.717, 1.165) is 12.3 Å². The fourth-order valence-corrected chi connectivity index (χ4v) is 7.92. The van der Waals surface area contributed by atoms with E-state index in [1.165, 1.54) is 40.9 Å². The summed E-state index contributed by atoms with van der Waals surface area (Å²) < 4.78 is 23.4. The molecule has 1 aromatic carbocycles. The van der Waals surface area contributed by atoms with Crippen molar-refractivity contribution in [2.24, 2.45) is 29.6 Å². The van der Waals surface area contributed by atoms with Crippen LogP contribution >= 0.6 is 0 Å². The number of carbonyl (C=O) groups is 6. The van der Waals surface area contributed by atoms with Gasteiger partial charge in [0, 0.05) is 68.9 Å². The number of amides is 1. The number of aliphatic hydroxyl groups excluding tert-OH is 2. The molecule has 310 valence electrons. The number of phenols is 1. The van der Waals surface area contributed by atoms with Crippen LogP contribution in [0.4, 0.5) is 0 Å². The molecular weight excluding hydrogens is 742 g/mol. The number of allylic oxidation sites excluding steroid dienone is 3. The summed E-state index contributed by atoms with van der Waals surface area (Å²) in [5, 5.41) is 39.7. The second-order valence-corrected chi connectivity index (χ2v) is 15.9. The molecule has 0 radical (unpaired) electrons. The van der Waals surface area contributed by atoms with Crippen molar-refractivity contribution in [2.45, 2.75) is 85.1 Å². The van der Waals surface area contributed by atoms with E-state index in [1.54, 1.807) is 34.9 Å². The van der Waals surface area contributed by atoms with E-state index in [2.05, 4.69) is 10.6 Å². The van der Waals surface area contributed by atoms with E-state index in [-0.39, 0.29) is 41.1 Å². The van der Waals surface area contributed by atoms with Crippen molar-refractivity contribution in [3.8, 4) is 11.5 Å². The van der Waals surface area contributed by atoms with Crippen molar-refractivity contribution in [1.82, 2.24) is 15.5 Å². The van der Waals surface area contributed by atoms with Crippen LogP contribution in [0.25, 0.3) is 0 Å². The summed E-state index contributed by atoms with van der Waals surface area (Å²) in [5.41, 5.74) is -2.22. The zero-order valence-corrected chi connectivity index (χ0v) is 33.9. The average molecular weight is 796 g/mol. The molecule has 3 aliphatic heterocycles. The molecule has 0 unspecified atom stereocenters. The highest BCUT2D eigenvalue weighted by Gasteiger charge is 2.53. The number of ketones is 4. The van der Waals surface area contributed by atoms with Crippen LogP contribution in [0.2, 0.25) is 0 Å². The summed E-state index contributed by atoms with van der Waals surface area (Å²) in [7, 11) is 4.99. The van der Waals surface area contributed by atoms with E-state index < -0.39 is 117 Å². The molecule has 57 heavy (non-hydrogen) atoms. The molecule has 2 aliphatic carbocycles. The van der Waals surface area contributed by atoms with Gasteiger partial charge in [-0.15, -0.1) is 0 Å². The van der Waals surface area contributed by atoms with Gasteiger partial charge < -0.3 is 49.8 Å². The van der Waals surface area contributed by atoms with Gasteiger partial charge in [-0.2, -0.15) is 0 Å². The highest BCUT2D eigenvalue weighted by Crippen LogP contribution is 2.49. The van der Waals surface area contributed by atoms with E-state index in [0.29, 0.717) is 6.54 Å². The number of aliphatic hydroxyl groups is 2. The first-order valence-electron chi connectivity index (χ1n) is 19.0. The molecule has 1 aromatic rings. The molecule has 1 fully saturated rings. The molecule has 1 amide bonds. The molecule has 16 nitrogen and oxygen atoms in total. The predicted molar refractivity (Wildman–Crippen MR) is 203 cm³/mol. The molecule has 16 heteroatoms. The lowest BCUT2D eigenvalue weighted by molar-refractivity contribution is -0.160. The molecule has 10 atom stereocenters.